The molecule has 11 rings (SSSR count). The molecule has 1 aliphatic carbocycles. The zero-order valence-electron chi connectivity index (χ0n) is 31.0. The third kappa shape index (κ3) is 4.88. The van der Waals surface area contributed by atoms with Gasteiger partial charge in [0.05, 0.1) is 11.6 Å². The van der Waals surface area contributed by atoms with E-state index in [1.165, 1.54) is 44.5 Å². The van der Waals surface area contributed by atoms with Gasteiger partial charge in [-0.1, -0.05) is 129 Å². The molecule has 4 nitrogen and oxygen atoms in total. The summed E-state index contributed by atoms with van der Waals surface area (Å²) >= 11 is 0. The molecule has 0 amide bonds. The fraction of sp³-hybridized carbons (Fsp3) is 0.0769. The molecule has 8 aromatic rings. The highest BCUT2D eigenvalue weighted by Crippen LogP contribution is 2.50. The molecule has 3 heterocycles. The number of amidine groups is 1. The molecule has 0 saturated carbocycles. The molecule has 0 fully saturated rings. The molecule has 0 radical (unpaired) electrons. The first-order valence-corrected chi connectivity index (χ1v) is 19.1. The van der Waals surface area contributed by atoms with Crippen molar-refractivity contribution in [2.24, 2.45) is 4.99 Å². The molecule has 1 unspecified atom stereocenters. The predicted molar refractivity (Wildman–Crippen MR) is 228 cm³/mol. The third-order valence-corrected chi connectivity index (χ3v) is 11.9. The Kier molecular flexibility index (Phi) is 6.99. The molecule has 0 N–H and O–H groups in total. The molecular weight excluding hydrogens is 683 g/mol. The summed E-state index contributed by atoms with van der Waals surface area (Å²) in [5, 5.41) is 11.8. The van der Waals surface area contributed by atoms with Crippen LogP contribution in [0.3, 0.4) is 0 Å². The molecule has 0 spiro atoms. The zero-order valence-corrected chi connectivity index (χ0v) is 31.0. The van der Waals surface area contributed by atoms with E-state index in [1.807, 2.05) is 18.2 Å². The fourth-order valence-electron chi connectivity index (χ4n) is 8.96. The number of allylic oxidation sites excluding steroid dienone is 2. The van der Waals surface area contributed by atoms with Gasteiger partial charge >= 0.3 is 0 Å². The van der Waals surface area contributed by atoms with Crippen molar-refractivity contribution in [2.45, 2.75) is 25.4 Å². The number of hydrogen-bond donors (Lipinski definition) is 0. The normalized spacial score (nSPS) is 16.1. The Balaban J connectivity index is 0.882. The topological polar surface area (TPSA) is 52.5 Å². The van der Waals surface area contributed by atoms with Crippen LogP contribution in [0, 0.1) is 11.3 Å². The lowest BCUT2D eigenvalue weighted by molar-refractivity contribution is 0.369. The lowest BCUT2D eigenvalue weighted by Crippen LogP contribution is -2.40. The summed E-state index contributed by atoms with van der Waals surface area (Å²) in [4.78, 5) is 7.33. The van der Waals surface area contributed by atoms with Crippen LogP contribution in [0.25, 0.3) is 72.0 Å². The first-order chi connectivity index (χ1) is 27.4. The highest BCUT2D eigenvalue weighted by atomic mass is 16.3. The molecule has 264 valence electrons. The molecule has 1 atom stereocenters. The van der Waals surface area contributed by atoms with Crippen molar-refractivity contribution in [3.05, 3.63) is 198 Å². The summed E-state index contributed by atoms with van der Waals surface area (Å²) in [6.45, 7) is 4.50. The lowest BCUT2D eigenvalue weighted by Gasteiger charge is -2.40. The van der Waals surface area contributed by atoms with Gasteiger partial charge in [-0.15, -0.1) is 0 Å². The van der Waals surface area contributed by atoms with Gasteiger partial charge in [0, 0.05) is 33.5 Å². The first kappa shape index (κ1) is 32.2. The number of rotatable bonds is 5. The Morgan fingerprint density at radius 2 is 1.30 bits per heavy atom. The standard InChI is InChI=1S/C52H35N3O/c1-52(2)46-27-32(31-53)16-23-42(46)43-24-21-38(30-47(43)52)40-13-7-14-44-45-29-37(22-25-48(45)56-49(40)44)34-19-17-33(18-20-34)36-11-6-12-39(28-36)50-54-51-41(15-8-26-55(50)51)35-9-4-3-5-10-35/h3-30,50H,1-2H3. The monoisotopic (exact) mass is 717 g/mol. The summed E-state index contributed by atoms with van der Waals surface area (Å²) in [5.74, 6) is 1.02. The second kappa shape index (κ2) is 12.1. The minimum absolute atomic E-state index is 0.0322. The Labute approximate surface area is 325 Å². The van der Waals surface area contributed by atoms with Crippen LogP contribution in [-0.4, -0.2) is 10.7 Å². The number of para-hydroxylation sites is 1. The summed E-state index contributed by atoms with van der Waals surface area (Å²) < 4.78 is 6.62. The molecule has 4 heteroatoms. The maximum atomic E-state index is 9.57. The Hall–Kier alpha value is -7.22. The number of hydrogen-bond acceptors (Lipinski definition) is 4. The van der Waals surface area contributed by atoms with Crippen molar-refractivity contribution in [3.63, 3.8) is 0 Å². The van der Waals surface area contributed by atoms with Crippen molar-refractivity contribution < 1.29 is 4.42 Å². The van der Waals surface area contributed by atoms with Crippen molar-refractivity contribution in [3.8, 4) is 50.6 Å². The van der Waals surface area contributed by atoms with E-state index in [0.29, 0.717) is 5.56 Å². The van der Waals surface area contributed by atoms with Gasteiger partial charge in [-0.2, -0.15) is 5.26 Å². The smallest absolute Gasteiger partial charge is 0.154 e. The van der Waals surface area contributed by atoms with Crippen molar-refractivity contribution >= 4 is 33.3 Å². The van der Waals surface area contributed by atoms with Gasteiger partial charge in [0.2, 0.25) is 0 Å². The second-order valence-corrected chi connectivity index (χ2v) is 15.5. The van der Waals surface area contributed by atoms with Crippen LogP contribution < -0.4 is 0 Å². The van der Waals surface area contributed by atoms with E-state index in [-0.39, 0.29) is 11.6 Å². The van der Waals surface area contributed by atoms with Crippen molar-refractivity contribution in [2.75, 3.05) is 0 Å². The van der Waals surface area contributed by atoms with Crippen LogP contribution >= 0.6 is 0 Å². The highest BCUT2D eigenvalue weighted by Gasteiger charge is 2.36. The molecule has 7 aromatic carbocycles. The van der Waals surface area contributed by atoms with E-state index < -0.39 is 0 Å². The van der Waals surface area contributed by atoms with Crippen LogP contribution in [0.5, 0.6) is 0 Å². The van der Waals surface area contributed by atoms with Crippen LogP contribution in [-0.2, 0) is 5.41 Å². The Morgan fingerprint density at radius 3 is 2.11 bits per heavy atom. The van der Waals surface area contributed by atoms with E-state index in [9.17, 15) is 5.26 Å². The van der Waals surface area contributed by atoms with Crippen LogP contribution in [0.1, 0.15) is 47.8 Å². The number of nitriles is 1. The first-order valence-electron chi connectivity index (χ1n) is 19.1. The molecule has 0 saturated heterocycles. The Morgan fingerprint density at radius 1 is 0.607 bits per heavy atom. The van der Waals surface area contributed by atoms with Gasteiger partial charge in [-0.3, -0.25) is 0 Å². The van der Waals surface area contributed by atoms with Gasteiger partial charge in [-0.05, 0) is 110 Å². The van der Waals surface area contributed by atoms with E-state index >= 15 is 0 Å². The van der Waals surface area contributed by atoms with Crippen LogP contribution in [0.4, 0.5) is 0 Å². The van der Waals surface area contributed by atoms with Crippen molar-refractivity contribution in [1.29, 1.82) is 5.26 Å². The predicted octanol–water partition coefficient (Wildman–Crippen LogP) is 13.1. The second-order valence-electron chi connectivity index (χ2n) is 15.5. The molecule has 3 aliphatic rings. The van der Waals surface area contributed by atoms with Gasteiger partial charge in [0.15, 0.2) is 6.17 Å². The van der Waals surface area contributed by atoms with Crippen LogP contribution in [0.2, 0.25) is 0 Å². The summed E-state index contributed by atoms with van der Waals surface area (Å²) in [5.41, 5.74) is 17.5. The van der Waals surface area contributed by atoms with E-state index in [4.69, 9.17) is 9.41 Å². The number of nitrogens with zero attached hydrogens (tertiary/aromatic N) is 3. The summed E-state index contributed by atoms with van der Waals surface area (Å²) in [6.07, 6.45) is 6.35. The maximum Gasteiger partial charge on any atom is 0.154 e. The number of fused-ring (bicyclic) bond motifs is 7. The lowest BCUT2D eigenvalue weighted by atomic mass is 9.81. The van der Waals surface area contributed by atoms with Crippen molar-refractivity contribution in [1.82, 2.24) is 4.90 Å². The average molecular weight is 718 g/mol. The van der Waals surface area contributed by atoms with Gasteiger partial charge in [-0.25, -0.2) is 4.99 Å². The van der Waals surface area contributed by atoms with Gasteiger partial charge in [0.25, 0.3) is 0 Å². The number of benzene rings is 7. The number of aliphatic imine (C=N–C) groups is 1. The zero-order chi connectivity index (χ0) is 37.5. The molecule has 2 aliphatic heterocycles. The van der Waals surface area contributed by atoms with Crippen LogP contribution in [0.15, 0.2) is 179 Å². The maximum absolute atomic E-state index is 9.57. The molecule has 56 heavy (non-hydrogen) atoms. The minimum atomic E-state index is -0.215. The van der Waals surface area contributed by atoms with E-state index in [2.05, 4.69) is 177 Å². The largest absolute Gasteiger partial charge is 0.455 e. The van der Waals surface area contributed by atoms with E-state index in [0.717, 1.165) is 55.6 Å². The number of furan rings is 1. The molecular formula is C52H35N3O. The third-order valence-electron chi connectivity index (χ3n) is 11.9. The SMILES string of the molecule is CC1(C)c2cc(C#N)ccc2-c2ccc(-c3cccc4c3oc3ccc(-c5ccc(-c6cccc(C7N=C8C(c9ccccc9)=CC=CN87)c6)cc5)cc34)cc21. The quantitative estimate of drug-likeness (QED) is 0.178. The fourth-order valence-corrected chi connectivity index (χ4v) is 8.96. The average Bonchev–Trinajstić information content (AvgIpc) is 3.72. The minimum Gasteiger partial charge on any atom is -0.455 e. The van der Waals surface area contributed by atoms with E-state index in [1.54, 1.807) is 0 Å². The summed E-state index contributed by atoms with van der Waals surface area (Å²) in [7, 11) is 0. The van der Waals surface area contributed by atoms with Gasteiger partial charge < -0.3 is 9.32 Å². The highest BCUT2D eigenvalue weighted by molar-refractivity contribution is 6.25. The molecule has 0 bridgehead atoms. The Bertz CT molecular complexity index is 3060. The summed E-state index contributed by atoms with van der Waals surface area (Å²) in [6, 6.07) is 56.1. The molecule has 1 aromatic heterocycles. The van der Waals surface area contributed by atoms with Gasteiger partial charge in [0.1, 0.15) is 17.0 Å².